The van der Waals surface area contributed by atoms with Gasteiger partial charge in [0.05, 0.1) is 0 Å². The highest BCUT2D eigenvalue weighted by molar-refractivity contribution is 5.89. The van der Waals surface area contributed by atoms with Crippen LogP contribution in [0.1, 0.15) is 61.6 Å². The zero-order chi connectivity index (χ0) is 23.1. The Morgan fingerprint density at radius 2 is 1.72 bits per heavy atom. The zero-order valence-electron chi connectivity index (χ0n) is 20.4. The number of aryl methyl sites for hydroxylation is 2. The number of carbonyl (C=O) groups excluding carboxylic acids is 1. The van der Waals surface area contributed by atoms with Crippen LogP contribution >= 0.6 is 0 Å². The minimum atomic E-state index is 0.691. The second kappa shape index (κ2) is 11.3. The Balaban J connectivity index is 1.71. The van der Waals surface area contributed by atoms with Crippen LogP contribution in [-0.4, -0.2) is 35.4 Å². The lowest BCUT2D eigenvalue weighted by molar-refractivity contribution is 0.112. The van der Waals surface area contributed by atoms with Gasteiger partial charge in [0, 0.05) is 40.1 Å². The van der Waals surface area contributed by atoms with Gasteiger partial charge >= 0.3 is 0 Å². The standard InChI is InChI=1S/C28H39N3O/c1-6-15-30(18-14-21(2)3)16-7-17-31-23(5)22(4)27-19-26(12-13-28(27)31)29-25-10-8-24(20-32)9-11-25/h8-13,19-21,29H,6-7,14-18H2,1-5H3. The van der Waals surface area contributed by atoms with E-state index in [0.29, 0.717) is 5.56 Å². The predicted octanol–water partition coefficient (Wildman–Crippen LogP) is 6.96. The van der Waals surface area contributed by atoms with Crippen LogP contribution < -0.4 is 5.32 Å². The summed E-state index contributed by atoms with van der Waals surface area (Å²) in [5.74, 6) is 0.762. The van der Waals surface area contributed by atoms with Crippen LogP contribution in [0.3, 0.4) is 0 Å². The Morgan fingerprint density at radius 3 is 2.38 bits per heavy atom. The number of hydrogen-bond acceptors (Lipinski definition) is 3. The normalized spacial score (nSPS) is 11.6. The molecule has 0 saturated carbocycles. The van der Waals surface area contributed by atoms with Gasteiger partial charge in [-0.15, -0.1) is 0 Å². The van der Waals surface area contributed by atoms with Crippen molar-refractivity contribution >= 4 is 28.6 Å². The number of aldehydes is 1. The first kappa shape index (κ1) is 24.1. The first-order valence-corrected chi connectivity index (χ1v) is 12.1. The van der Waals surface area contributed by atoms with Gasteiger partial charge in [-0.05, 0) is 107 Å². The van der Waals surface area contributed by atoms with Crippen LogP contribution in [0.15, 0.2) is 42.5 Å². The number of nitrogens with one attached hydrogen (secondary N) is 1. The van der Waals surface area contributed by atoms with E-state index in [0.717, 1.165) is 36.7 Å². The van der Waals surface area contributed by atoms with Gasteiger partial charge in [0.25, 0.3) is 0 Å². The molecule has 0 aliphatic rings. The maximum Gasteiger partial charge on any atom is 0.150 e. The molecular formula is C28H39N3O. The summed E-state index contributed by atoms with van der Waals surface area (Å²) in [4.78, 5) is 13.5. The van der Waals surface area contributed by atoms with E-state index in [2.05, 4.69) is 67.6 Å². The molecule has 4 heteroatoms. The molecule has 0 fully saturated rings. The highest BCUT2D eigenvalue weighted by atomic mass is 16.1. The summed E-state index contributed by atoms with van der Waals surface area (Å²) in [5.41, 5.74) is 6.77. The largest absolute Gasteiger partial charge is 0.356 e. The summed E-state index contributed by atoms with van der Waals surface area (Å²) in [6, 6.07) is 14.2. The SMILES string of the molecule is CCCN(CCCn1c(C)c(C)c2cc(Nc3ccc(C=O)cc3)ccc21)CCC(C)C. The molecule has 0 spiro atoms. The Hall–Kier alpha value is -2.59. The summed E-state index contributed by atoms with van der Waals surface area (Å²) in [6.45, 7) is 16.0. The van der Waals surface area contributed by atoms with Crippen LogP contribution in [-0.2, 0) is 6.54 Å². The topological polar surface area (TPSA) is 37.3 Å². The Bertz CT molecular complexity index is 1020. The monoisotopic (exact) mass is 433 g/mol. The summed E-state index contributed by atoms with van der Waals surface area (Å²) in [5, 5.41) is 4.77. The van der Waals surface area contributed by atoms with Crippen molar-refractivity contribution in [3.63, 3.8) is 0 Å². The maximum absolute atomic E-state index is 10.9. The van der Waals surface area contributed by atoms with Crippen LogP contribution in [0.5, 0.6) is 0 Å². The fraction of sp³-hybridized carbons (Fsp3) is 0.464. The van der Waals surface area contributed by atoms with Gasteiger partial charge in [-0.2, -0.15) is 0 Å². The van der Waals surface area contributed by atoms with Gasteiger partial charge in [0.15, 0.2) is 0 Å². The molecule has 4 nitrogen and oxygen atoms in total. The first-order valence-electron chi connectivity index (χ1n) is 12.1. The lowest BCUT2D eigenvalue weighted by Gasteiger charge is -2.23. The summed E-state index contributed by atoms with van der Waals surface area (Å²) < 4.78 is 2.49. The lowest BCUT2D eigenvalue weighted by Crippen LogP contribution is -2.28. The maximum atomic E-state index is 10.9. The van der Waals surface area contributed by atoms with Crippen molar-refractivity contribution in [1.29, 1.82) is 0 Å². The highest BCUT2D eigenvalue weighted by Crippen LogP contribution is 2.29. The highest BCUT2D eigenvalue weighted by Gasteiger charge is 2.12. The average molecular weight is 434 g/mol. The van der Waals surface area contributed by atoms with E-state index in [1.165, 1.54) is 54.5 Å². The first-order chi connectivity index (χ1) is 15.4. The number of fused-ring (bicyclic) bond motifs is 1. The number of benzene rings is 2. The number of rotatable bonds is 12. The quantitative estimate of drug-likeness (QED) is 0.314. The van der Waals surface area contributed by atoms with Crippen molar-refractivity contribution in [3.05, 3.63) is 59.3 Å². The second-order valence-corrected chi connectivity index (χ2v) is 9.34. The third kappa shape index (κ3) is 6.01. The molecular weight excluding hydrogens is 394 g/mol. The molecule has 1 N–H and O–H groups in total. The molecule has 0 atom stereocenters. The van der Waals surface area contributed by atoms with Gasteiger partial charge in [-0.3, -0.25) is 4.79 Å². The van der Waals surface area contributed by atoms with Gasteiger partial charge in [-0.25, -0.2) is 0 Å². The number of carbonyl (C=O) groups is 1. The number of anilines is 2. The van der Waals surface area contributed by atoms with Crippen molar-refractivity contribution in [1.82, 2.24) is 9.47 Å². The number of hydrogen-bond donors (Lipinski definition) is 1. The fourth-order valence-corrected chi connectivity index (χ4v) is 4.37. The van der Waals surface area contributed by atoms with Crippen molar-refractivity contribution in [2.45, 2.75) is 60.4 Å². The van der Waals surface area contributed by atoms with E-state index in [9.17, 15) is 4.79 Å². The van der Waals surface area contributed by atoms with Crippen LogP contribution in [0.2, 0.25) is 0 Å². The Kier molecular flexibility index (Phi) is 8.52. The van der Waals surface area contributed by atoms with E-state index in [1.54, 1.807) is 0 Å². The minimum absolute atomic E-state index is 0.691. The second-order valence-electron chi connectivity index (χ2n) is 9.34. The Morgan fingerprint density at radius 1 is 1.00 bits per heavy atom. The average Bonchev–Trinajstić information content (AvgIpc) is 3.02. The molecule has 1 heterocycles. The lowest BCUT2D eigenvalue weighted by atomic mass is 10.1. The molecule has 32 heavy (non-hydrogen) atoms. The number of aromatic nitrogens is 1. The van der Waals surface area contributed by atoms with E-state index >= 15 is 0 Å². The van der Waals surface area contributed by atoms with Gasteiger partial charge in [-0.1, -0.05) is 20.8 Å². The van der Waals surface area contributed by atoms with Crippen molar-refractivity contribution in [2.75, 3.05) is 25.0 Å². The molecule has 0 saturated heterocycles. The number of nitrogens with zero attached hydrogens (tertiary/aromatic N) is 2. The fourth-order valence-electron chi connectivity index (χ4n) is 4.37. The molecule has 0 aliphatic heterocycles. The van der Waals surface area contributed by atoms with Gasteiger partial charge in [0.1, 0.15) is 6.29 Å². The molecule has 0 unspecified atom stereocenters. The van der Waals surface area contributed by atoms with E-state index in [1.807, 2.05) is 24.3 Å². The van der Waals surface area contributed by atoms with Gasteiger partial charge < -0.3 is 14.8 Å². The van der Waals surface area contributed by atoms with Crippen molar-refractivity contribution < 1.29 is 4.79 Å². The smallest absolute Gasteiger partial charge is 0.150 e. The molecule has 0 bridgehead atoms. The molecule has 0 aliphatic carbocycles. The summed E-state index contributed by atoms with van der Waals surface area (Å²) in [7, 11) is 0. The summed E-state index contributed by atoms with van der Waals surface area (Å²) >= 11 is 0. The van der Waals surface area contributed by atoms with Gasteiger partial charge in [0.2, 0.25) is 0 Å². The van der Waals surface area contributed by atoms with Crippen LogP contribution in [0.4, 0.5) is 11.4 Å². The molecule has 0 amide bonds. The van der Waals surface area contributed by atoms with Crippen molar-refractivity contribution in [2.24, 2.45) is 5.92 Å². The molecule has 3 aromatic rings. The molecule has 3 rings (SSSR count). The minimum Gasteiger partial charge on any atom is -0.356 e. The van der Waals surface area contributed by atoms with E-state index in [-0.39, 0.29) is 0 Å². The predicted molar refractivity (Wildman–Crippen MR) is 137 cm³/mol. The third-order valence-corrected chi connectivity index (χ3v) is 6.39. The Labute approximate surface area is 193 Å². The molecule has 2 aromatic carbocycles. The summed E-state index contributed by atoms with van der Waals surface area (Å²) in [6.07, 6.45) is 4.54. The van der Waals surface area contributed by atoms with E-state index < -0.39 is 0 Å². The van der Waals surface area contributed by atoms with E-state index in [4.69, 9.17) is 0 Å². The molecule has 172 valence electrons. The molecule has 0 radical (unpaired) electrons. The zero-order valence-corrected chi connectivity index (χ0v) is 20.4. The third-order valence-electron chi connectivity index (χ3n) is 6.39. The molecule has 1 aromatic heterocycles. The van der Waals surface area contributed by atoms with Crippen LogP contribution in [0, 0.1) is 19.8 Å². The van der Waals surface area contributed by atoms with Crippen LogP contribution in [0.25, 0.3) is 10.9 Å². The van der Waals surface area contributed by atoms with Crippen molar-refractivity contribution in [3.8, 4) is 0 Å².